The highest BCUT2D eigenvalue weighted by atomic mass is 15.3. The van der Waals surface area contributed by atoms with Crippen LogP contribution in [-0.4, -0.2) is 14.6 Å². The SMILES string of the molecule is CCc1nc2ccc(C(C)N)cn2n1. The first kappa shape index (κ1) is 9.15. The Morgan fingerprint density at radius 2 is 2.29 bits per heavy atom. The van der Waals surface area contributed by atoms with Gasteiger partial charge in [-0.1, -0.05) is 13.0 Å². The minimum absolute atomic E-state index is 0.0358. The van der Waals surface area contributed by atoms with E-state index in [0.29, 0.717) is 0 Å². The van der Waals surface area contributed by atoms with Crippen LogP contribution in [0.5, 0.6) is 0 Å². The van der Waals surface area contributed by atoms with Crippen molar-refractivity contribution in [1.29, 1.82) is 0 Å². The molecule has 4 nitrogen and oxygen atoms in total. The van der Waals surface area contributed by atoms with Gasteiger partial charge in [0.25, 0.3) is 0 Å². The fourth-order valence-electron chi connectivity index (χ4n) is 1.36. The molecule has 0 bridgehead atoms. The molecule has 0 aromatic carbocycles. The van der Waals surface area contributed by atoms with Gasteiger partial charge in [0, 0.05) is 18.7 Å². The largest absolute Gasteiger partial charge is 0.324 e. The van der Waals surface area contributed by atoms with Gasteiger partial charge >= 0.3 is 0 Å². The number of pyridine rings is 1. The molecule has 0 aliphatic heterocycles. The predicted octanol–water partition coefficient (Wildman–Crippen LogP) is 1.31. The summed E-state index contributed by atoms with van der Waals surface area (Å²) in [5.41, 5.74) is 7.74. The van der Waals surface area contributed by atoms with Gasteiger partial charge in [-0.2, -0.15) is 5.10 Å². The third-order valence-corrected chi connectivity index (χ3v) is 2.24. The number of hydrogen-bond acceptors (Lipinski definition) is 3. The van der Waals surface area contributed by atoms with Gasteiger partial charge in [0.2, 0.25) is 0 Å². The summed E-state index contributed by atoms with van der Waals surface area (Å²) in [7, 11) is 0. The first-order valence-electron chi connectivity index (χ1n) is 4.81. The highest BCUT2D eigenvalue weighted by Gasteiger charge is 2.04. The normalized spacial score (nSPS) is 13.4. The van der Waals surface area contributed by atoms with E-state index in [9.17, 15) is 0 Å². The molecule has 0 amide bonds. The lowest BCUT2D eigenvalue weighted by atomic mass is 10.2. The molecule has 4 heteroatoms. The van der Waals surface area contributed by atoms with Crippen LogP contribution in [0.15, 0.2) is 18.3 Å². The van der Waals surface area contributed by atoms with E-state index in [1.165, 1.54) is 0 Å². The van der Waals surface area contributed by atoms with Crippen LogP contribution in [0.4, 0.5) is 0 Å². The molecular weight excluding hydrogens is 176 g/mol. The Morgan fingerprint density at radius 1 is 1.50 bits per heavy atom. The highest BCUT2D eigenvalue weighted by Crippen LogP contribution is 2.10. The van der Waals surface area contributed by atoms with Crippen LogP contribution >= 0.6 is 0 Å². The quantitative estimate of drug-likeness (QED) is 0.776. The second kappa shape index (κ2) is 3.38. The molecule has 2 rings (SSSR count). The van der Waals surface area contributed by atoms with Gasteiger partial charge in [0.15, 0.2) is 11.5 Å². The van der Waals surface area contributed by atoms with E-state index in [-0.39, 0.29) is 6.04 Å². The number of aryl methyl sites for hydroxylation is 1. The highest BCUT2D eigenvalue weighted by molar-refractivity contribution is 5.39. The van der Waals surface area contributed by atoms with Gasteiger partial charge in [-0.25, -0.2) is 9.50 Å². The topological polar surface area (TPSA) is 56.2 Å². The standard InChI is InChI=1S/C10H14N4/c1-3-9-12-10-5-4-8(7(2)11)6-14(10)13-9/h4-7H,3,11H2,1-2H3. The maximum absolute atomic E-state index is 5.78. The minimum Gasteiger partial charge on any atom is -0.324 e. The molecule has 0 radical (unpaired) electrons. The summed E-state index contributed by atoms with van der Waals surface area (Å²) >= 11 is 0. The summed E-state index contributed by atoms with van der Waals surface area (Å²) in [4.78, 5) is 4.34. The molecule has 14 heavy (non-hydrogen) atoms. The van der Waals surface area contributed by atoms with E-state index in [1.54, 1.807) is 4.52 Å². The zero-order valence-electron chi connectivity index (χ0n) is 8.44. The van der Waals surface area contributed by atoms with E-state index >= 15 is 0 Å². The average molecular weight is 190 g/mol. The average Bonchev–Trinajstić information content (AvgIpc) is 2.58. The zero-order chi connectivity index (χ0) is 10.1. The van der Waals surface area contributed by atoms with Crippen molar-refractivity contribution in [2.24, 2.45) is 5.73 Å². The van der Waals surface area contributed by atoms with E-state index in [0.717, 1.165) is 23.5 Å². The summed E-state index contributed by atoms with van der Waals surface area (Å²) < 4.78 is 1.79. The van der Waals surface area contributed by atoms with E-state index < -0.39 is 0 Å². The maximum atomic E-state index is 5.78. The Bertz CT molecular complexity index is 444. The van der Waals surface area contributed by atoms with Crippen LogP contribution in [0.1, 0.15) is 31.3 Å². The lowest BCUT2D eigenvalue weighted by Gasteiger charge is -2.04. The third-order valence-electron chi connectivity index (χ3n) is 2.24. The Labute approximate surface area is 82.8 Å². The molecule has 2 aromatic heterocycles. The van der Waals surface area contributed by atoms with Gasteiger partial charge in [-0.05, 0) is 18.6 Å². The maximum Gasteiger partial charge on any atom is 0.155 e. The van der Waals surface area contributed by atoms with Crippen molar-refractivity contribution < 1.29 is 0 Å². The lowest BCUT2D eigenvalue weighted by Crippen LogP contribution is -2.06. The molecule has 0 fully saturated rings. The van der Waals surface area contributed by atoms with Crippen molar-refractivity contribution in [3.05, 3.63) is 29.7 Å². The number of nitrogens with two attached hydrogens (primary N) is 1. The Kier molecular flexibility index (Phi) is 2.21. The van der Waals surface area contributed by atoms with Crippen molar-refractivity contribution >= 4 is 5.65 Å². The van der Waals surface area contributed by atoms with Crippen molar-refractivity contribution in [2.75, 3.05) is 0 Å². The van der Waals surface area contributed by atoms with Crippen LogP contribution in [0, 0.1) is 0 Å². The first-order chi connectivity index (χ1) is 6.70. The Morgan fingerprint density at radius 3 is 2.93 bits per heavy atom. The molecule has 0 spiro atoms. The minimum atomic E-state index is 0.0358. The third kappa shape index (κ3) is 1.48. The number of fused-ring (bicyclic) bond motifs is 1. The van der Waals surface area contributed by atoms with Crippen molar-refractivity contribution in [1.82, 2.24) is 14.6 Å². The van der Waals surface area contributed by atoms with Crippen LogP contribution in [0.3, 0.4) is 0 Å². The van der Waals surface area contributed by atoms with Gasteiger partial charge in [-0.15, -0.1) is 0 Å². The number of hydrogen-bond donors (Lipinski definition) is 1. The number of nitrogens with zero attached hydrogens (tertiary/aromatic N) is 3. The lowest BCUT2D eigenvalue weighted by molar-refractivity contribution is 0.792. The van der Waals surface area contributed by atoms with E-state index in [4.69, 9.17) is 5.73 Å². The smallest absolute Gasteiger partial charge is 0.155 e. The molecule has 74 valence electrons. The second-order valence-corrected chi connectivity index (χ2v) is 3.44. The summed E-state index contributed by atoms with van der Waals surface area (Å²) in [5, 5.41) is 4.32. The molecule has 0 saturated carbocycles. The van der Waals surface area contributed by atoms with Gasteiger partial charge < -0.3 is 5.73 Å². The monoisotopic (exact) mass is 190 g/mol. The summed E-state index contributed by atoms with van der Waals surface area (Å²) in [6.45, 7) is 4.00. The van der Waals surface area contributed by atoms with E-state index in [1.807, 2.05) is 32.2 Å². The van der Waals surface area contributed by atoms with Crippen molar-refractivity contribution in [2.45, 2.75) is 26.3 Å². The fourth-order valence-corrected chi connectivity index (χ4v) is 1.36. The van der Waals surface area contributed by atoms with Crippen LogP contribution in [0.2, 0.25) is 0 Å². The van der Waals surface area contributed by atoms with Gasteiger partial charge in [0.1, 0.15) is 0 Å². The predicted molar refractivity (Wildman–Crippen MR) is 55.0 cm³/mol. The van der Waals surface area contributed by atoms with Crippen LogP contribution in [0.25, 0.3) is 5.65 Å². The zero-order valence-corrected chi connectivity index (χ0v) is 8.44. The molecule has 0 aliphatic carbocycles. The summed E-state index contributed by atoms with van der Waals surface area (Å²) in [6.07, 6.45) is 2.79. The Hall–Kier alpha value is -1.42. The molecule has 2 N–H and O–H groups in total. The van der Waals surface area contributed by atoms with Crippen LogP contribution < -0.4 is 5.73 Å². The van der Waals surface area contributed by atoms with E-state index in [2.05, 4.69) is 10.1 Å². The Balaban J connectivity index is 2.54. The van der Waals surface area contributed by atoms with Crippen molar-refractivity contribution in [3.63, 3.8) is 0 Å². The number of aromatic nitrogens is 3. The summed E-state index contributed by atoms with van der Waals surface area (Å²) in [5.74, 6) is 0.867. The molecule has 2 aromatic rings. The number of rotatable bonds is 2. The van der Waals surface area contributed by atoms with Gasteiger partial charge in [-0.3, -0.25) is 0 Å². The van der Waals surface area contributed by atoms with Gasteiger partial charge in [0.05, 0.1) is 0 Å². The molecular formula is C10H14N4. The molecule has 0 aliphatic rings. The first-order valence-corrected chi connectivity index (χ1v) is 4.81. The summed E-state index contributed by atoms with van der Waals surface area (Å²) in [6, 6.07) is 3.98. The van der Waals surface area contributed by atoms with Crippen molar-refractivity contribution in [3.8, 4) is 0 Å². The van der Waals surface area contributed by atoms with Crippen LogP contribution in [-0.2, 0) is 6.42 Å². The second-order valence-electron chi connectivity index (χ2n) is 3.44. The molecule has 1 unspecified atom stereocenters. The molecule has 0 saturated heterocycles. The molecule has 2 heterocycles. The fraction of sp³-hybridized carbons (Fsp3) is 0.400. The molecule has 1 atom stereocenters.